The summed E-state index contributed by atoms with van der Waals surface area (Å²) in [4.78, 5) is 36.2. The maximum absolute atomic E-state index is 12.8. The summed E-state index contributed by atoms with van der Waals surface area (Å²) in [6.45, 7) is 6.24. The molecule has 7 nitrogen and oxygen atoms in total. The molecule has 4 saturated heterocycles. The van der Waals surface area contributed by atoms with E-state index >= 15 is 0 Å². The lowest BCUT2D eigenvalue weighted by molar-refractivity contribution is -0.576. The fourth-order valence-corrected chi connectivity index (χ4v) is 6.39. The zero-order chi connectivity index (χ0) is 20.4. The van der Waals surface area contributed by atoms with Gasteiger partial charge in [-0.15, -0.1) is 0 Å². The monoisotopic (exact) mass is 408 g/mol. The highest BCUT2D eigenvalue weighted by Crippen LogP contribution is 2.60. The number of fused-ring (bicyclic) bond motifs is 2. The second-order valence-electron chi connectivity index (χ2n) is 10.0. The Hall–Kier alpha value is -1.02. The normalized spacial score (nSPS) is 50.0. The van der Waals surface area contributed by atoms with E-state index in [9.17, 15) is 9.59 Å². The van der Waals surface area contributed by atoms with Gasteiger partial charge in [-0.3, -0.25) is 9.59 Å². The van der Waals surface area contributed by atoms with Crippen molar-refractivity contribution in [2.75, 3.05) is 0 Å². The van der Waals surface area contributed by atoms with Crippen molar-refractivity contribution in [1.29, 1.82) is 0 Å². The average molecular weight is 408 g/mol. The first-order valence-corrected chi connectivity index (χ1v) is 11.2. The number of esters is 1. The van der Waals surface area contributed by atoms with Gasteiger partial charge in [-0.1, -0.05) is 13.8 Å². The van der Waals surface area contributed by atoms with Crippen LogP contribution in [0.25, 0.3) is 0 Å². The van der Waals surface area contributed by atoms with E-state index in [-0.39, 0.29) is 29.5 Å². The predicted octanol–water partition coefficient (Wildman–Crippen LogP) is 3.50. The van der Waals surface area contributed by atoms with Crippen molar-refractivity contribution in [3.05, 3.63) is 0 Å². The van der Waals surface area contributed by atoms with Gasteiger partial charge in [0.15, 0.2) is 11.9 Å². The van der Waals surface area contributed by atoms with Crippen LogP contribution in [-0.4, -0.2) is 35.7 Å². The molecule has 6 aliphatic rings. The molecule has 0 N–H and O–H groups in total. The summed E-state index contributed by atoms with van der Waals surface area (Å²) in [6, 6.07) is 0. The fourth-order valence-electron chi connectivity index (χ4n) is 6.39. The summed E-state index contributed by atoms with van der Waals surface area (Å²) in [6.07, 6.45) is 4.59. The summed E-state index contributed by atoms with van der Waals surface area (Å²) < 4.78 is 18.5. The van der Waals surface area contributed by atoms with Crippen LogP contribution in [0.1, 0.15) is 72.1 Å². The molecule has 2 bridgehead atoms. The third kappa shape index (κ3) is 3.08. The molecule has 7 heteroatoms. The number of ketones is 1. The highest BCUT2D eigenvalue weighted by molar-refractivity contribution is 5.82. The Morgan fingerprint density at radius 1 is 1.03 bits per heavy atom. The van der Waals surface area contributed by atoms with Crippen molar-refractivity contribution in [2.24, 2.45) is 29.6 Å². The molecule has 29 heavy (non-hydrogen) atoms. The summed E-state index contributed by atoms with van der Waals surface area (Å²) in [5, 5.41) is 0. The molecule has 2 saturated carbocycles. The van der Waals surface area contributed by atoms with E-state index in [1.165, 1.54) is 0 Å². The summed E-state index contributed by atoms with van der Waals surface area (Å²) in [5.74, 6) is -0.184. The van der Waals surface area contributed by atoms with Gasteiger partial charge < -0.3 is 14.2 Å². The van der Waals surface area contributed by atoms with Crippen LogP contribution in [0, 0.1) is 29.6 Å². The number of hydrogen-bond donors (Lipinski definition) is 0. The number of carbonyl (C=O) groups excluding carboxylic acids is 2. The van der Waals surface area contributed by atoms with E-state index in [0.29, 0.717) is 37.5 Å². The first kappa shape index (κ1) is 19.9. The Bertz CT molecular complexity index is 685. The molecule has 4 heterocycles. The standard InChI is InChI=1S/C22H32O7/c1-12-4-9-17-13(2)19(25-18(24)14-5-7-15(23)8-6-14)26-20-22(17)16(12)10-11-21(3,27-20)28-29-22/h12-14,16-17,19-20H,4-11H2,1-3H3/t12-,13-,16?,17+,19?,20-,21?,22?/m1/s1. The van der Waals surface area contributed by atoms with E-state index in [2.05, 4.69) is 13.8 Å². The first-order chi connectivity index (χ1) is 13.8. The molecule has 4 unspecified atom stereocenters. The average Bonchev–Trinajstić information content (AvgIpc) is 2.92. The van der Waals surface area contributed by atoms with Crippen LogP contribution in [-0.2, 0) is 33.6 Å². The predicted molar refractivity (Wildman–Crippen MR) is 99.9 cm³/mol. The van der Waals surface area contributed by atoms with Gasteiger partial charge in [0, 0.05) is 31.1 Å². The van der Waals surface area contributed by atoms with Crippen molar-refractivity contribution in [2.45, 2.75) is 96.1 Å². The molecule has 162 valence electrons. The molecule has 8 atom stereocenters. The van der Waals surface area contributed by atoms with Crippen LogP contribution in [0.15, 0.2) is 0 Å². The molecule has 1 spiro atoms. The van der Waals surface area contributed by atoms with Gasteiger partial charge in [0.2, 0.25) is 12.1 Å². The highest BCUT2D eigenvalue weighted by Gasteiger charge is 2.69. The Morgan fingerprint density at radius 2 is 1.79 bits per heavy atom. The molecule has 0 radical (unpaired) electrons. The summed E-state index contributed by atoms with van der Waals surface area (Å²) >= 11 is 0. The Labute approximate surface area is 171 Å². The summed E-state index contributed by atoms with van der Waals surface area (Å²) in [5.41, 5.74) is -0.646. The van der Waals surface area contributed by atoms with Crippen LogP contribution >= 0.6 is 0 Å². The van der Waals surface area contributed by atoms with Gasteiger partial charge >= 0.3 is 5.97 Å². The lowest BCUT2D eigenvalue weighted by Gasteiger charge is -2.60. The van der Waals surface area contributed by atoms with Crippen molar-refractivity contribution < 1.29 is 33.6 Å². The van der Waals surface area contributed by atoms with Crippen LogP contribution < -0.4 is 0 Å². The van der Waals surface area contributed by atoms with E-state index in [4.69, 9.17) is 24.0 Å². The molecule has 6 fully saturated rings. The SMILES string of the molecule is C[C@@H]1CC[C@H]2[C@@H](C)C(OC(=O)C3CCC(=O)CC3)O[C@@H]3OC4(C)CCC1C32OO4. The molecule has 0 amide bonds. The van der Waals surface area contributed by atoms with E-state index in [1.54, 1.807) is 0 Å². The minimum atomic E-state index is -0.837. The zero-order valence-corrected chi connectivity index (χ0v) is 17.6. The summed E-state index contributed by atoms with van der Waals surface area (Å²) in [7, 11) is 0. The van der Waals surface area contributed by atoms with Gasteiger partial charge in [0.05, 0.1) is 5.92 Å². The third-order valence-corrected chi connectivity index (χ3v) is 8.21. The smallest absolute Gasteiger partial charge is 0.311 e. The Kier molecular flexibility index (Phi) is 4.81. The molecule has 2 aliphatic carbocycles. The lowest BCUT2D eigenvalue weighted by atomic mass is 9.58. The number of ether oxygens (including phenoxy) is 3. The number of carbonyl (C=O) groups is 2. The molecular formula is C22H32O7. The second kappa shape index (κ2) is 7.01. The van der Waals surface area contributed by atoms with Gasteiger partial charge in [-0.25, -0.2) is 9.78 Å². The van der Waals surface area contributed by atoms with Crippen molar-refractivity contribution in [3.63, 3.8) is 0 Å². The number of Topliss-reactive ketones (excluding diaryl/α,β-unsaturated/α-hetero) is 1. The maximum atomic E-state index is 12.8. The van der Waals surface area contributed by atoms with Gasteiger partial charge in [-0.2, -0.15) is 0 Å². The molecule has 0 aromatic rings. The largest absolute Gasteiger partial charge is 0.435 e. The van der Waals surface area contributed by atoms with Crippen molar-refractivity contribution >= 4 is 11.8 Å². The highest BCUT2D eigenvalue weighted by atomic mass is 17.3. The van der Waals surface area contributed by atoms with Gasteiger partial charge in [-0.05, 0) is 50.9 Å². The second-order valence-corrected chi connectivity index (χ2v) is 10.0. The Morgan fingerprint density at radius 3 is 2.55 bits per heavy atom. The molecular weight excluding hydrogens is 376 g/mol. The minimum Gasteiger partial charge on any atom is -0.435 e. The molecule has 0 aromatic carbocycles. The van der Waals surface area contributed by atoms with E-state index < -0.39 is 24.0 Å². The van der Waals surface area contributed by atoms with Crippen LogP contribution in [0.5, 0.6) is 0 Å². The minimum absolute atomic E-state index is 0.0231. The molecule has 4 aliphatic heterocycles. The van der Waals surface area contributed by atoms with Crippen LogP contribution in [0.4, 0.5) is 0 Å². The fraction of sp³-hybridized carbons (Fsp3) is 0.909. The molecule has 6 rings (SSSR count). The lowest BCUT2D eigenvalue weighted by Crippen LogP contribution is -2.70. The van der Waals surface area contributed by atoms with E-state index in [0.717, 1.165) is 25.7 Å². The van der Waals surface area contributed by atoms with E-state index in [1.807, 2.05) is 6.92 Å². The van der Waals surface area contributed by atoms with Crippen molar-refractivity contribution in [1.82, 2.24) is 0 Å². The molecule has 0 aromatic heterocycles. The maximum Gasteiger partial charge on any atom is 0.311 e. The van der Waals surface area contributed by atoms with Gasteiger partial charge in [0.25, 0.3) is 0 Å². The quantitative estimate of drug-likeness (QED) is 0.511. The topological polar surface area (TPSA) is 80.3 Å². The van der Waals surface area contributed by atoms with Crippen LogP contribution in [0.2, 0.25) is 0 Å². The third-order valence-electron chi connectivity index (χ3n) is 8.21. The Balaban J connectivity index is 1.38. The van der Waals surface area contributed by atoms with Crippen LogP contribution in [0.3, 0.4) is 0 Å². The number of hydrogen-bond acceptors (Lipinski definition) is 7. The number of rotatable bonds is 2. The first-order valence-electron chi connectivity index (χ1n) is 11.2. The van der Waals surface area contributed by atoms with Crippen molar-refractivity contribution in [3.8, 4) is 0 Å². The van der Waals surface area contributed by atoms with Gasteiger partial charge in [0.1, 0.15) is 5.78 Å². The zero-order valence-electron chi connectivity index (χ0n) is 17.6.